The SMILES string of the molecule is COc1ccc2c(C)c(C(=O)N3CCCCNC(c4ccccc4)CC(=O)NCCC3)oc2c1OC.Cl. The Bertz CT molecular complexity index is 1200. The third-order valence-corrected chi connectivity index (χ3v) is 6.69. The van der Waals surface area contributed by atoms with Gasteiger partial charge in [0.15, 0.2) is 17.1 Å². The molecule has 37 heavy (non-hydrogen) atoms. The Morgan fingerprint density at radius 3 is 2.49 bits per heavy atom. The lowest BCUT2D eigenvalue weighted by Gasteiger charge is -2.22. The summed E-state index contributed by atoms with van der Waals surface area (Å²) in [7, 11) is 3.13. The van der Waals surface area contributed by atoms with Crippen molar-refractivity contribution in [2.24, 2.45) is 0 Å². The molecule has 4 rings (SSSR count). The third kappa shape index (κ3) is 6.56. The average molecular weight is 530 g/mol. The third-order valence-electron chi connectivity index (χ3n) is 6.69. The Kier molecular flexibility index (Phi) is 10.2. The molecule has 1 aromatic heterocycles. The number of fused-ring (bicyclic) bond motifs is 1. The first-order chi connectivity index (χ1) is 17.5. The second-order valence-electron chi connectivity index (χ2n) is 9.06. The first-order valence-electron chi connectivity index (χ1n) is 12.5. The molecule has 2 amide bonds. The Hall–Kier alpha value is -3.23. The van der Waals surface area contributed by atoms with Crippen LogP contribution in [-0.2, 0) is 4.79 Å². The summed E-state index contributed by atoms with van der Waals surface area (Å²) < 4.78 is 17.0. The summed E-state index contributed by atoms with van der Waals surface area (Å²) in [6.45, 7) is 4.30. The Labute approximate surface area is 224 Å². The van der Waals surface area contributed by atoms with E-state index in [0.717, 1.165) is 35.9 Å². The number of nitrogens with zero attached hydrogens (tertiary/aromatic N) is 1. The van der Waals surface area contributed by atoms with Gasteiger partial charge in [-0.05, 0) is 50.4 Å². The summed E-state index contributed by atoms with van der Waals surface area (Å²) in [4.78, 5) is 28.0. The van der Waals surface area contributed by atoms with Crippen molar-refractivity contribution in [2.45, 2.75) is 38.6 Å². The zero-order valence-corrected chi connectivity index (χ0v) is 22.5. The van der Waals surface area contributed by atoms with Crippen LogP contribution in [0.25, 0.3) is 11.0 Å². The highest BCUT2D eigenvalue weighted by molar-refractivity contribution is 6.00. The maximum Gasteiger partial charge on any atom is 0.289 e. The lowest BCUT2D eigenvalue weighted by molar-refractivity contribution is -0.121. The highest BCUT2D eigenvalue weighted by atomic mass is 35.5. The van der Waals surface area contributed by atoms with Gasteiger partial charge in [-0.25, -0.2) is 0 Å². The normalized spacial score (nSPS) is 17.5. The molecule has 3 aromatic rings. The van der Waals surface area contributed by atoms with Crippen molar-refractivity contribution in [1.82, 2.24) is 15.5 Å². The highest BCUT2D eigenvalue weighted by Crippen LogP contribution is 2.39. The van der Waals surface area contributed by atoms with Gasteiger partial charge in [0.1, 0.15) is 0 Å². The van der Waals surface area contributed by atoms with Gasteiger partial charge in [0.25, 0.3) is 5.91 Å². The van der Waals surface area contributed by atoms with Crippen LogP contribution in [0, 0.1) is 6.92 Å². The number of furan rings is 1. The first kappa shape index (κ1) is 28.3. The van der Waals surface area contributed by atoms with Crippen molar-refractivity contribution in [3.8, 4) is 11.5 Å². The fraction of sp³-hybridized carbons (Fsp3) is 0.429. The number of rotatable bonds is 4. The van der Waals surface area contributed by atoms with Gasteiger partial charge >= 0.3 is 0 Å². The second kappa shape index (κ2) is 13.4. The number of carbonyl (C=O) groups is 2. The van der Waals surface area contributed by atoms with Gasteiger partial charge < -0.3 is 29.4 Å². The van der Waals surface area contributed by atoms with Gasteiger partial charge in [0.05, 0.1) is 14.2 Å². The van der Waals surface area contributed by atoms with E-state index in [2.05, 4.69) is 10.6 Å². The molecule has 2 N–H and O–H groups in total. The molecule has 0 saturated carbocycles. The van der Waals surface area contributed by atoms with Gasteiger partial charge in [-0.15, -0.1) is 12.4 Å². The minimum Gasteiger partial charge on any atom is -0.493 e. The van der Waals surface area contributed by atoms with Crippen LogP contribution in [0.3, 0.4) is 0 Å². The van der Waals surface area contributed by atoms with Crippen molar-refractivity contribution in [2.75, 3.05) is 40.4 Å². The molecule has 1 aliphatic heterocycles. The maximum atomic E-state index is 13.6. The van der Waals surface area contributed by atoms with Crippen LogP contribution < -0.4 is 20.1 Å². The molecule has 8 nitrogen and oxygen atoms in total. The number of benzene rings is 2. The molecule has 0 radical (unpaired) electrons. The van der Waals surface area contributed by atoms with Crippen LogP contribution in [0.5, 0.6) is 11.5 Å². The molecular formula is C28H36ClN3O5. The van der Waals surface area contributed by atoms with Crippen molar-refractivity contribution < 1.29 is 23.5 Å². The molecule has 0 aliphatic carbocycles. The van der Waals surface area contributed by atoms with Crippen molar-refractivity contribution >= 4 is 35.2 Å². The Balaban J connectivity index is 0.00000380. The number of hydrogen-bond acceptors (Lipinski definition) is 6. The standard InChI is InChI=1S/C28H35N3O5.ClH/c1-19-21-12-13-23(34-2)27(35-3)26(21)36-25(19)28(33)31-16-8-7-14-29-22(20-10-5-4-6-11-20)18-24(32)30-15-9-17-31;/h4-6,10-13,22,29H,7-9,14-18H2,1-3H3,(H,30,32);1H. The molecule has 1 atom stereocenters. The topological polar surface area (TPSA) is 93.0 Å². The maximum absolute atomic E-state index is 13.6. The molecule has 1 aliphatic rings. The van der Waals surface area contributed by atoms with Crippen LogP contribution in [0.1, 0.15) is 53.4 Å². The van der Waals surface area contributed by atoms with Gasteiger partial charge in [0, 0.05) is 43.0 Å². The summed E-state index contributed by atoms with van der Waals surface area (Å²) in [5, 5.41) is 7.36. The average Bonchev–Trinajstić information content (AvgIpc) is 3.24. The summed E-state index contributed by atoms with van der Waals surface area (Å²) in [5.41, 5.74) is 2.39. The van der Waals surface area contributed by atoms with E-state index in [1.165, 1.54) is 0 Å². The van der Waals surface area contributed by atoms with Gasteiger partial charge in [-0.3, -0.25) is 9.59 Å². The van der Waals surface area contributed by atoms with Crippen LogP contribution in [0.4, 0.5) is 0 Å². The van der Waals surface area contributed by atoms with E-state index in [4.69, 9.17) is 13.9 Å². The number of ether oxygens (including phenoxy) is 2. The lowest BCUT2D eigenvalue weighted by atomic mass is 10.0. The van der Waals surface area contributed by atoms with Crippen molar-refractivity contribution in [3.05, 3.63) is 59.4 Å². The van der Waals surface area contributed by atoms with E-state index < -0.39 is 0 Å². The predicted octanol–water partition coefficient (Wildman–Crippen LogP) is 4.64. The quantitative estimate of drug-likeness (QED) is 0.511. The predicted molar refractivity (Wildman–Crippen MR) is 146 cm³/mol. The molecule has 0 spiro atoms. The minimum absolute atomic E-state index is 0. The van der Waals surface area contributed by atoms with Crippen LogP contribution in [-0.4, -0.2) is 57.1 Å². The number of aryl methyl sites for hydroxylation is 1. The number of hydrogen-bond donors (Lipinski definition) is 2. The van der Waals surface area contributed by atoms with Gasteiger partial charge in [-0.2, -0.15) is 0 Å². The van der Waals surface area contributed by atoms with E-state index in [-0.39, 0.29) is 30.3 Å². The molecule has 2 heterocycles. The molecule has 1 fully saturated rings. The van der Waals surface area contributed by atoms with E-state index in [1.54, 1.807) is 14.2 Å². The smallest absolute Gasteiger partial charge is 0.289 e. The van der Waals surface area contributed by atoms with Crippen molar-refractivity contribution in [1.29, 1.82) is 0 Å². The Morgan fingerprint density at radius 2 is 1.76 bits per heavy atom. The second-order valence-corrected chi connectivity index (χ2v) is 9.06. The minimum atomic E-state index is -0.152. The largest absolute Gasteiger partial charge is 0.493 e. The number of carbonyl (C=O) groups excluding carboxylic acids is 2. The summed E-state index contributed by atoms with van der Waals surface area (Å²) in [6.07, 6.45) is 2.78. The molecule has 1 saturated heterocycles. The number of halogens is 1. The molecule has 0 bridgehead atoms. The monoisotopic (exact) mass is 529 g/mol. The van der Waals surface area contributed by atoms with Gasteiger partial charge in [-0.1, -0.05) is 30.3 Å². The fourth-order valence-corrected chi connectivity index (χ4v) is 4.71. The zero-order chi connectivity index (χ0) is 25.5. The van der Waals surface area contributed by atoms with Crippen LogP contribution >= 0.6 is 12.4 Å². The van der Waals surface area contributed by atoms with E-state index in [1.807, 2.05) is 54.3 Å². The summed E-state index contributed by atoms with van der Waals surface area (Å²) >= 11 is 0. The Morgan fingerprint density at radius 1 is 1.00 bits per heavy atom. The van der Waals surface area contributed by atoms with E-state index >= 15 is 0 Å². The first-order valence-corrected chi connectivity index (χ1v) is 12.5. The number of nitrogens with one attached hydrogen (secondary N) is 2. The lowest BCUT2D eigenvalue weighted by Crippen LogP contribution is -2.35. The van der Waals surface area contributed by atoms with Crippen LogP contribution in [0.15, 0.2) is 46.9 Å². The van der Waals surface area contributed by atoms with Crippen LogP contribution in [0.2, 0.25) is 0 Å². The molecular weight excluding hydrogens is 494 g/mol. The molecule has 9 heteroatoms. The van der Waals surface area contributed by atoms with E-state index in [9.17, 15) is 9.59 Å². The number of amides is 2. The van der Waals surface area contributed by atoms with Crippen molar-refractivity contribution in [3.63, 3.8) is 0 Å². The fourth-order valence-electron chi connectivity index (χ4n) is 4.71. The summed E-state index contributed by atoms with van der Waals surface area (Å²) in [5.74, 6) is 1.19. The van der Waals surface area contributed by atoms with E-state index in [0.29, 0.717) is 55.3 Å². The summed E-state index contributed by atoms with van der Waals surface area (Å²) in [6, 6.07) is 13.7. The van der Waals surface area contributed by atoms with Gasteiger partial charge in [0.2, 0.25) is 11.7 Å². The molecule has 2 aromatic carbocycles. The molecule has 1 unspecified atom stereocenters. The zero-order valence-electron chi connectivity index (χ0n) is 21.7. The molecule has 200 valence electrons. The number of methoxy groups -OCH3 is 2. The highest BCUT2D eigenvalue weighted by Gasteiger charge is 2.26.